The molecule has 0 unspecified atom stereocenters. The van der Waals surface area contributed by atoms with Crippen molar-refractivity contribution in [3.63, 3.8) is 0 Å². The minimum atomic E-state index is -1.30. The molecule has 0 aromatic carbocycles. The summed E-state index contributed by atoms with van der Waals surface area (Å²) in [5, 5.41) is 0. The summed E-state index contributed by atoms with van der Waals surface area (Å²) >= 11 is 0. The maximum Gasteiger partial charge on any atom is 0.323 e. The lowest BCUT2D eigenvalue weighted by Gasteiger charge is -2.25. The zero-order chi connectivity index (χ0) is 16.3. The Morgan fingerprint density at radius 1 is 1.18 bits per heavy atom. The van der Waals surface area contributed by atoms with E-state index in [0.717, 1.165) is 0 Å². The molecule has 0 aromatic rings. The second-order valence-corrected chi connectivity index (χ2v) is 5.73. The van der Waals surface area contributed by atoms with Gasteiger partial charge in [0.1, 0.15) is 0 Å². The minimum absolute atomic E-state index is 0.0261. The third kappa shape index (κ3) is 2.62. The van der Waals surface area contributed by atoms with Crippen LogP contribution in [0.2, 0.25) is 0 Å². The molecule has 0 radical (unpaired) electrons. The standard InChI is InChI=1S/C16H22O6/c1-4-21-14(18)16(15(19)22-5-2)7-10-6-13(17)12(9-20-3)11(10)8-16/h9-11H,4-8H2,1-3H3/b12-9+/t10-,11+/m0/s1. The average molecular weight is 310 g/mol. The van der Waals surface area contributed by atoms with E-state index in [1.54, 1.807) is 13.8 Å². The second-order valence-electron chi connectivity index (χ2n) is 5.73. The summed E-state index contributed by atoms with van der Waals surface area (Å²) in [6.45, 7) is 3.81. The van der Waals surface area contributed by atoms with Crippen LogP contribution in [0.25, 0.3) is 0 Å². The van der Waals surface area contributed by atoms with Crippen LogP contribution in [0.4, 0.5) is 0 Å². The van der Waals surface area contributed by atoms with E-state index in [2.05, 4.69) is 0 Å². The van der Waals surface area contributed by atoms with Gasteiger partial charge in [-0.25, -0.2) is 0 Å². The highest BCUT2D eigenvalue weighted by Crippen LogP contribution is 2.55. The molecule has 0 spiro atoms. The topological polar surface area (TPSA) is 78.9 Å². The first-order valence-electron chi connectivity index (χ1n) is 7.60. The lowest BCUT2D eigenvalue weighted by atomic mass is 9.83. The van der Waals surface area contributed by atoms with Crippen molar-refractivity contribution in [3.8, 4) is 0 Å². The summed E-state index contributed by atoms with van der Waals surface area (Å²) in [4.78, 5) is 36.8. The molecule has 2 atom stereocenters. The third-order valence-electron chi connectivity index (χ3n) is 4.49. The van der Waals surface area contributed by atoms with E-state index >= 15 is 0 Å². The molecule has 0 N–H and O–H groups in total. The van der Waals surface area contributed by atoms with Gasteiger partial charge >= 0.3 is 11.9 Å². The Labute approximate surface area is 129 Å². The van der Waals surface area contributed by atoms with Crippen LogP contribution in [0.3, 0.4) is 0 Å². The van der Waals surface area contributed by atoms with Crippen LogP contribution in [0.15, 0.2) is 11.8 Å². The van der Waals surface area contributed by atoms with Crippen molar-refractivity contribution in [3.05, 3.63) is 11.8 Å². The molecule has 6 nitrogen and oxygen atoms in total. The van der Waals surface area contributed by atoms with Crippen LogP contribution in [0, 0.1) is 17.3 Å². The molecular weight excluding hydrogens is 288 g/mol. The summed E-state index contributed by atoms with van der Waals surface area (Å²) < 4.78 is 15.2. The quantitative estimate of drug-likeness (QED) is 0.332. The fourth-order valence-corrected chi connectivity index (χ4v) is 3.59. The number of ketones is 1. The van der Waals surface area contributed by atoms with E-state index in [9.17, 15) is 14.4 Å². The maximum atomic E-state index is 12.4. The molecule has 2 rings (SSSR count). The van der Waals surface area contributed by atoms with Gasteiger partial charge in [-0.1, -0.05) is 0 Å². The highest BCUT2D eigenvalue weighted by molar-refractivity contribution is 6.03. The Morgan fingerprint density at radius 2 is 1.77 bits per heavy atom. The van der Waals surface area contributed by atoms with E-state index in [-0.39, 0.29) is 37.3 Å². The van der Waals surface area contributed by atoms with Crippen molar-refractivity contribution in [1.82, 2.24) is 0 Å². The molecule has 0 aromatic heterocycles. The van der Waals surface area contributed by atoms with E-state index in [4.69, 9.17) is 14.2 Å². The molecule has 122 valence electrons. The second kappa shape index (κ2) is 6.50. The van der Waals surface area contributed by atoms with Gasteiger partial charge in [0.15, 0.2) is 11.2 Å². The first-order chi connectivity index (χ1) is 10.5. The number of fused-ring (bicyclic) bond motifs is 1. The molecule has 0 saturated heterocycles. The number of allylic oxidation sites excluding steroid dienone is 1. The average Bonchev–Trinajstić information content (AvgIpc) is 2.97. The Bertz CT molecular complexity index is 489. The van der Waals surface area contributed by atoms with E-state index in [0.29, 0.717) is 18.4 Å². The number of ether oxygens (including phenoxy) is 3. The lowest BCUT2D eigenvalue weighted by Crippen LogP contribution is -2.40. The number of Topliss-reactive ketones (excluding diaryl/α,β-unsaturated/α-hetero) is 1. The van der Waals surface area contributed by atoms with E-state index < -0.39 is 17.4 Å². The molecule has 0 amide bonds. The Morgan fingerprint density at radius 3 is 2.27 bits per heavy atom. The molecule has 0 bridgehead atoms. The van der Waals surface area contributed by atoms with Crippen LogP contribution >= 0.6 is 0 Å². The number of methoxy groups -OCH3 is 1. The SMILES string of the molecule is CCOC(=O)C1(C(=O)OCC)C[C@@H]2CC(=O)/C(=C/OC)[C@@H]2C1. The highest BCUT2D eigenvalue weighted by Gasteiger charge is 2.61. The number of hydrogen-bond acceptors (Lipinski definition) is 6. The van der Waals surface area contributed by atoms with Crippen LogP contribution < -0.4 is 0 Å². The monoisotopic (exact) mass is 310 g/mol. The van der Waals surface area contributed by atoms with Crippen molar-refractivity contribution in [2.24, 2.45) is 17.3 Å². The van der Waals surface area contributed by atoms with Crippen molar-refractivity contribution in [1.29, 1.82) is 0 Å². The lowest BCUT2D eigenvalue weighted by molar-refractivity contribution is -0.172. The number of rotatable bonds is 5. The number of carbonyl (C=O) groups is 3. The van der Waals surface area contributed by atoms with Gasteiger partial charge in [-0.05, 0) is 38.5 Å². The van der Waals surface area contributed by atoms with Gasteiger partial charge in [0.25, 0.3) is 0 Å². The molecule has 0 heterocycles. The summed E-state index contributed by atoms with van der Waals surface area (Å²) in [7, 11) is 1.48. The molecule has 2 aliphatic rings. The molecular formula is C16H22O6. The van der Waals surface area contributed by atoms with Crippen molar-refractivity contribution in [2.45, 2.75) is 33.1 Å². The normalized spacial score (nSPS) is 27.6. The summed E-state index contributed by atoms with van der Waals surface area (Å²) in [6, 6.07) is 0. The van der Waals surface area contributed by atoms with Gasteiger partial charge in [-0.2, -0.15) is 0 Å². The summed E-state index contributed by atoms with van der Waals surface area (Å²) in [5.41, 5.74) is -0.738. The number of hydrogen-bond donors (Lipinski definition) is 0. The number of carbonyl (C=O) groups excluding carboxylic acids is 3. The molecule has 2 aliphatic carbocycles. The highest BCUT2D eigenvalue weighted by atomic mass is 16.6. The van der Waals surface area contributed by atoms with Crippen LogP contribution in [-0.2, 0) is 28.6 Å². The molecule has 0 aliphatic heterocycles. The van der Waals surface area contributed by atoms with Gasteiger partial charge in [0.2, 0.25) is 0 Å². The zero-order valence-corrected chi connectivity index (χ0v) is 13.2. The molecule has 6 heteroatoms. The van der Waals surface area contributed by atoms with Crippen molar-refractivity contribution >= 4 is 17.7 Å². The van der Waals surface area contributed by atoms with Gasteiger partial charge < -0.3 is 14.2 Å². The van der Waals surface area contributed by atoms with Crippen molar-refractivity contribution < 1.29 is 28.6 Å². The van der Waals surface area contributed by atoms with E-state index in [1.165, 1.54) is 13.4 Å². The Kier molecular flexibility index (Phi) is 4.88. The molecule has 2 saturated carbocycles. The first kappa shape index (κ1) is 16.5. The van der Waals surface area contributed by atoms with Gasteiger partial charge in [0, 0.05) is 12.0 Å². The Hall–Kier alpha value is -1.85. The van der Waals surface area contributed by atoms with Crippen LogP contribution in [0.1, 0.15) is 33.1 Å². The van der Waals surface area contributed by atoms with Crippen LogP contribution in [0.5, 0.6) is 0 Å². The summed E-state index contributed by atoms with van der Waals surface area (Å²) in [5.74, 6) is -1.26. The molecule has 22 heavy (non-hydrogen) atoms. The minimum Gasteiger partial charge on any atom is -0.504 e. The van der Waals surface area contributed by atoms with Gasteiger partial charge in [-0.15, -0.1) is 0 Å². The van der Waals surface area contributed by atoms with Crippen molar-refractivity contribution in [2.75, 3.05) is 20.3 Å². The predicted molar refractivity (Wildman–Crippen MR) is 76.6 cm³/mol. The smallest absolute Gasteiger partial charge is 0.323 e. The summed E-state index contributed by atoms with van der Waals surface area (Å²) in [6.07, 6.45) is 2.30. The van der Waals surface area contributed by atoms with Gasteiger partial charge in [0.05, 0.1) is 26.6 Å². The number of esters is 2. The largest absolute Gasteiger partial charge is 0.504 e. The fraction of sp³-hybridized carbons (Fsp3) is 0.688. The predicted octanol–water partition coefficient (Wildman–Crippen LogP) is 1.63. The zero-order valence-electron chi connectivity index (χ0n) is 13.2. The van der Waals surface area contributed by atoms with Crippen LogP contribution in [-0.4, -0.2) is 38.0 Å². The maximum absolute atomic E-state index is 12.4. The Balaban J connectivity index is 2.31. The van der Waals surface area contributed by atoms with E-state index in [1.807, 2.05) is 0 Å². The third-order valence-corrected chi connectivity index (χ3v) is 4.49. The van der Waals surface area contributed by atoms with Gasteiger partial charge in [-0.3, -0.25) is 14.4 Å². The fourth-order valence-electron chi connectivity index (χ4n) is 3.59. The first-order valence-corrected chi connectivity index (χ1v) is 7.60. The molecule has 2 fully saturated rings.